The fourth-order valence-electron chi connectivity index (χ4n) is 2.80. The number of carbonyl (C=O) groups is 2. The smallest absolute Gasteiger partial charge is 0.350 e. The first kappa shape index (κ1) is 17.5. The molecule has 132 valence electrons. The van der Waals surface area contributed by atoms with Gasteiger partial charge in [-0.2, -0.15) is 0 Å². The Hall–Kier alpha value is -2.28. The van der Waals surface area contributed by atoms with E-state index in [1.165, 1.54) is 17.0 Å². The lowest BCUT2D eigenvalue weighted by molar-refractivity contribution is -0.119. The van der Waals surface area contributed by atoms with Crippen molar-refractivity contribution in [3.63, 3.8) is 0 Å². The number of anilines is 1. The largest absolute Gasteiger partial charge is 0.462 e. The van der Waals surface area contributed by atoms with Gasteiger partial charge in [-0.15, -0.1) is 0 Å². The number of aryl methyl sites for hydroxylation is 1. The number of nitrogens with zero attached hydrogens (tertiary/aromatic N) is 2. The standard InChI is InChI=1S/C18H19FN2O3S/c1-4-24-17(23)15-10(2)20-18(25-15)21(3)16(22)14-9-13(14)11-5-7-12(19)8-6-11/h5-8,13-14H,4,9H2,1-3H3. The molecule has 0 N–H and O–H groups in total. The maximum absolute atomic E-state index is 13.0. The van der Waals surface area contributed by atoms with Crippen molar-refractivity contribution < 1.29 is 18.7 Å². The Bertz CT molecular complexity index is 803. The molecule has 0 radical (unpaired) electrons. The lowest BCUT2D eigenvalue weighted by Gasteiger charge is -2.13. The number of hydrogen-bond acceptors (Lipinski definition) is 5. The maximum atomic E-state index is 13.0. The highest BCUT2D eigenvalue weighted by Gasteiger charge is 2.45. The summed E-state index contributed by atoms with van der Waals surface area (Å²) in [6, 6.07) is 6.27. The summed E-state index contributed by atoms with van der Waals surface area (Å²) in [5, 5.41) is 0.482. The Morgan fingerprint density at radius 1 is 1.36 bits per heavy atom. The Labute approximate surface area is 149 Å². The number of thiazole rings is 1. The van der Waals surface area contributed by atoms with Crippen LogP contribution in [0.15, 0.2) is 24.3 Å². The number of amides is 1. The van der Waals surface area contributed by atoms with Gasteiger partial charge in [0.2, 0.25) is 5.91 Å². The van der Waals surface area contributed by atoms with Crippen LogP contribution in [-0.2, 0) is 9.53 Å². The molecule has 3 rings (SSSR count). The Morgan fingerprint density at radius 2 is 2.04 bits per heavy atom. The van der Waals surface area contributed by atoms with Crippen LogP contribution in [-0.4, -0.2) is 30.5 Å². The van der Waals surface area contributed by atoms with Crippen molar-refractivity contribution in [3.8, 4) is 0 Å². The highest BCUT2D eigenvalue weighted by Crippen LogP contribution is 2.48. The molecule has 1 fully saturated rings. The molecule has 1 aliphatic carbocycles. The summed E-state index contributed by atoms with van der Waals surface area (Å²) < 4.78 is 18.0. The van der Waals surface area contributed by atoms with E-state index in [-0.39, 0.29) is 23.6 Å². The molecule has 1 heterocycles. The average Bonchev–Trinajstić information content (AvgIpc) is 3.29. The minimum absolute atomic E-state index is 0.0431. The van der Waals surface area contributed by atoms with Crippen LogP contribution in [0.2, 0.25) is 0 Å². The third-order valence-corrected chi connectivity index (χ3v) is 5.48. The number of esters is 1. The van der Waals surface area contributed by atoms with Gasteiger partial charge < -0.3 is 4.74 Å². The summed E-state index contributed by atoms with van der Waals surface area (Å²) in [5.74, 6) is -0.764. The second-order valence-corrected chi connectivity index (χ2v) is 7.01. The number of hydrogen-bond donors (Lipinski definition) is 0. The molecule has 0 bridgehead atoms. The average molecular weight is 362 g/mol. The topological polar surface area (TPSA) is 59.5 Å². The Balaban J connectivity index is 1.70. The maximum Gasteiger partial charge on any atom is 0.350 e. The lowest BCUT2D eigenvalue weighted by atomic mass is 10.1. The number of rotatable bonds is 5. The van der Waals surface area contributed by atoms with Gasteiger partial charge in [0.1, 0.15) is 10.7 Å². The first-order valence-electron chi connectivity index (χ1n) is 8.10. The highest BCUT2D eigenvalue weighted by molar-refractivity contribution is 7.17. The second kappa shape index (κ2) is 6.92. The number of benzene rings is 1. The number of carbonyl (C=O) groups excluding carboxylic acids is 2. The van der Waals surface area contributed by atoms with Crippen molar-refractivity contribution >= 4 is 28.3 Å². The minimum atomic E-state index is -0.416. The van der Waals surface area contributed by atoms with E-state index < -0.39 is 5.97 Å². The van der Waals surface area contributed by atoms with Crippen molar-refractivity contribution in [1.29, 1.82) is 0 Å². The normalized spacial score (nSPS) is 18.7. The van der Waals surface area contributed by atoms with Crippen molar-refractivity contribution in [1.82, 2.24) is 4.98 Å². The van der Waals surface area contributed by atoms with Gasteiger partial charge >= 0.3 is 5.97 Å². The molecule has 5 nitrogen and oxygen atoms in total. The zero-order valence-electron chi connectivity index (χ0n) is 14.3. The lowest BCUT2D eigenvalue weighted by Crippen LogP contribution is -2.28. The predicted molar refractivity (Wildman–Crippen MR) is 93.5 cm³/mol. The van der Waals surface area contributed by atoms with Gasteiger partial charge in [-0.25, -0.2) is 14.2 Å². The van der Waals surface area contributed by atoms with Crippen LogP contribution in [0, 0.1) is 18.7 Å². The van der Waals surface area contributed by atoms with E-state index in [9.17, 15) is 14.0 Å². The number of aromatic nitrogens is 1. The van der Waals surface area contributed by atoms with Crippen LogP contribution in [0.4, 0.5) is 9.52 Å². The molecule has 1 aromatic carbocycles. The van der Waals surface area contributed by atoms with Gasteiger partial charge in [0.05, 0.1) is 12.3 Å². The van der Waals surface area contributed by atoms with Crippen LogP contribution in [0.3, 0.4) is 0 Å². The van der Waals surface area contributed by atoms with E-state index in [4.69, 9.17) is 4.74 Å². The molecule has 1 saturated carbocycles. The summed E-state index contributed by atoms with van der Waals surface area (Å²) in [6.45, 7) is 3.76. The molecule has 0 saturated heterocycles. The van der Waals surface area contributed by atoms with Crippen LogP contribution in [0.25, 0.3) is 0 Å². The second-order valence-electron chi connectivity index (χ2n) is 6.03. The molecule has 2 unspecified atom stereocenters. The molecule has 2 aromatic rings. The molecular weight excluding hydrogens is 343 g/mol. The van der Waals surface area contributed by atoms with Gasteiger partial charge in [-0.1, -0.05) is 23.5 Å². The number of ether oxygens (including phenoxy) is 1. The zero-order chi connectivity index (χ0) is 18.1. The Morgan fingerprint density at radius 3 is 2.68 bits per heavy atom. The molecule has 1 aliphatic rings. The summed E-state index contributed by atoms with van der Waals surface area (Å²) >= 11 is 1.16. The van der Waals surface area contributed by atoms with Gasteiger partial charge in [0.15, 0.2) is 5.13 Å². The van der Waals surface area contributed by atoms with Gasteiger partial charge in [-0.05, 0) is 43.9 Å². The monoisotopic (exact) mass is 362 g/mol. The minimum Gasteiger partial charge on any atom is -0.462 e. The molecule has 0 aliphatic heterocycles. The van der Waals surface area contributed by atoms with E-state index in [1.54, 1.807) is 33.0 Å². The molecular formula is C18H19FN2O3S. The highest BCUT2D eigenvalue weighted by atomic mass is 32.1. The molecule has 0 spiro atoms. The summed E-state index contributed by atoms with van der Waals surface area (Å²) in [7, 11) is 1.66. The van der Waals surface area contributed by atoms with Gasteiger partial charge in [0.25, 0.3) is 0 Å². The Kier molecular flexibility index (Phi) is 4.85. The van der Waals surface area contributed by atoms with E-state index in [1.807, 2.05) is 0 Å². The van der Waals surface area contributed by atoms with Crippen molar-refractivity contribution in [2.45, 2.75) is 26.2 Å². The van der Waals surface area contributed by atoms with Gasteiger partial charge in [-0.3, -0.25) is 9.69 Å². The molecule has 1 aromatic heterocycles. The van der Waals surface area contributed by atoms with Crippen molar-refractivity contribution in [2.24, 2.45) is 5.92 Å². The summed E-state index contributed by atoms with van der Waals surface area (Å²) in [6.07, 6.45) is 0.740. The van der Waals surface area contributed by atoms with E-state index >= 15 is 0 Å². The van der Waals surface area contributed by atoms with Crippen LogP contribution in [0.5, 0.6) is 0 Å². The predicted octanol–water partition coefficient (Wildman–Crippen LogP) is 3.53. The molecule has 7 heteroatoms. The fraction of sp³-hybridized carbons (Fsp3) is 0.389. The fourth-order valence-corrected chi connectivity index (χ4v) is 3.73. The van der Waals surface area contributed by atoms with E-state index in [0.29, 0.717) is 22.3 Å². The third-order valence-electron chi connectivity index (χ3n) is 4.27. The quantitative estimate of drug-likeness (QED) is 0.764. The SMILES string of the molecule is CCOC(=O)c1sc(N(C)C(=O)C2CC2c2ccc(F)cc2)nc1C. The van der Waals surface area contributed by atoms with Crippen LogP contribution in [0.1, 0.15) is 40.2 Å². The molecule has 2 atom stereocenters. The summed E-state index contributed by atoms with van der Waals surface area (Å²) in [5.41, 5.74) is 1.53. The van der Waals surface area contributed by atoms with Crippen molar-refractivity contribution in [3.05, 3.63) is 46.2 Å². The van der Waals surface area contributed by atoms with Gasteiger partial charge in [0, 0.05) is 13.0 Å². The molecule has 1 amide bonds. The first-order valence-corrected chi connectivity index (χ1v) is 8.91. The van der Waals surface area contributed by atoms with Crippen LogP contribution >= 0.6 is 11.3 Å². The number of halogens is 1. The molecule has 25 heavy (non-hydrogen) atoms. The van der Waals surface area contributed by atoms with E-state index in [2.05, 4.69) is 4.98 Å². The van der Waals surface area contributed by atoms with Crippen LogP contribution < -0.4 is 4.90 Å². The van der Waals surface area contributed by atoms with Crippen molar-refractivity contribution in [2.75, 3.05) is 18.6 Å². The zero-order valence-corrected chi connectivity index (χ0v) is 15.1. The first-order chi connectivity index (χ1) is 11.9. The third kappa shape index (κ3) is 3.56. The summed E-state index contributed by atoms with van der Waals surface area (Å²) in [4.78, 5) is 30.8. The van der Waals surface area contributed by atoms with E-state index in [0.717, 1.165) is 23.3 Å².